The standard InChI is InChI=1S/C22H22BFN2O3/c1-11-4-5-13(7-16(11)23)22(28)26(3)19-10-29-9-18-20(19)14-8-17(24)12(2)6-15(14)21(27)25-18/h4-8,19H,9-10,23H2,1-3H3,(H,25,27). The summed E-state index contributed by atoms with van der Waals surface area (Å²) in [6.07, 6.45) is 0. The highest BCUT2D eigenvalue weighted by Gasteiger charge is 2.31. The normalized spacial score (nSPS) is 15.9. The van der Waals surface area contributed by atoms with E-state index in [0.29, 0.717) is 27.6 Å². The second-order valence-corrected chi connectivity index (χ2v) is 7.74. The van der Waals surface area contributed by atoms with Crippen LogP contribution in [0, 0.1) is 19.7 Å². The Morgan fingerprint density at radius 1 is 1.21 bits per heavy atom. The quantitative estimate of drug-likeness (QED) is 0.678. The zero-order valence-corrected chi connectivity index (χ0v) is 16.9. The Hall–Kier alpha value is -2.93. The SMILES string of the molecule is Bc1cc(C(=O)N(C)C2COCc3[nH]c(=O)c4cc(C)c(F)cc4c32)ccc1C. The van der Waals surface area contributed by atoms with Gasteiger partial charge in [-0.25, -0.2) is 4.39 Å². The minimum Gasteiger partial charge on any atom is -0.373 e. The number of halogens is 1. The van der Waals surface area contributed by atoms with Gasteiger partial charge in [-0.2, -0.15) is 0 Å². The van der Waals surface area contributed by atoms with E-state index in [1.54, 1.807) is 31.0 Å². The Kier molecular flexibility index (Phi) is 4.78. The first-order valence-corrected chi connectivity index (χ1v) is 9.55. The molecule has 0 spiro atoms. The third-order valence-electron chi connectivity index (χ3n) is 5.82. The molecule has 148 valence electrons. The van der Waals surface area contributed by atoms with Crippen LogP contribution >= 0.6 is 0 Å². The number of fused-ring (bicyclic) bond motifs is 3. The molecule has 2 aromatic carbocycles. The fraction of sp³-hybridized carbons (Fsp3) is 0.273. The highest BCUT2D eigenvalue weighted by Crippen LogP contribution is 2.34. The van der Waals surface area contributed by atoms with Gasteiger partial charge in [0.05, 0.1) is 19.3 Å². The van der Waals surface area contributed by atoms with Gasteiger partial charge >= 0.3 is 0 Å². The Morgan fingerprint density at radius 2 is 1.97 bits per heavy atom. The van der Waals surface area contributed by atoms with Gasteiger partial charge in [0, 0.05) is 29.3 Å². The van der Waals surface area contributed by atoms with Crippen LogP contribution in [0.3, 0.4) is 0 Å². The van der Waals surface area contributed by atoms with Crippen LogP contribution < -0.4 is 11.0 Å². The zero-order chi connectivity index (χ0) is 20.9. The number of carbonyl (C=O) groups excluding carboxylic acids is 1. The van der Waals surface area contributed by atoms with Gasteiger partial charge < -0.3 is 14.6 Å². The van der Waals surface area contributed by atoms with E-state index < -0.39 is 6.04 Å². The van der Waals surface area contributed by atoms with Crippen LogP contribution in [0.4, 0.5) is 4.39 Å². The van der Waals surface area contributed by atoms with E-state index >= 15 is 0 Å². The van der Waals surface area contributed by atoms with Gasteiger partial charge in [0.1, 0.15) is 13.7 Å². The van der Waals surface area contributed by atoms with Crippen LogP contribution in [0.2, 0.25) is 0 Å². The molecule has 0 bridgehead atoms. The van der Waals surface area contributed by atoms with Gasteiger partial charge in [-0.3, -0.25) is 9.59 Å². The minimum atomic E-state index is -0.436. The molecule has 1 atom stereocenters. The summed E-state index contributed by atoms with van der Waals surface area (Å²) in [5.74, 6) is -0.528. The number of H-pyrrole nitrogens is 1. The van der Waals surface area contributed by atoms with Crippen molar-refractivity contribution >= 4 is 30.0 Å². The van der Waals surface area contributed by atoms with E-state index in [4.69, 9.17) is 4.74 Å². The number of carbonyl (C=O) groups is 1. The summed E-state index contributed by atoms with van der Waals surface area (Å²) in [6.45, 7) is 4.12. The number of amides is 1. The molecular formula is C22H22BFN2O3. The molecule has 0 radical (unpaired) electrons. The number of likely N-dealkylation sites (N-methyl/N-ethyl adjacent to an activating group) is 1. The second kappa shape index (κ2) is 7.15. The van der Waals surface area contributed by atoms with Crippen molar-refractivity contribution in [2.24, 2.45) is 0 Å². The predicted molar refractivity (Wildman–Crippen MR) is 113 cm³/mol. The van der Waals surface area contributed by atoms with Crippen molar-refractivity contribution in [3.8, 4) is 0 Å². The number of aryl methyl sites for hydroxylation is 2. The Balaban J connectivity index is 1.84. The van der Waals surface area contributed by atoms with E-state index in [2.05, 4.69) is 4.98 Å². The molecule has 3 aromatic rings. The molecule has 7 heteroatoms. The van der Waals surface area contributed by atoms with Crippen molar-refractivity contribution in [2.75, 3.05) is 13.7 Å². The average molecular weight is 392 g/mol. The largest absolute Gasteiger partial charge is 0.373 e. The lowest BCUT2D eigenvalue weighted by molar-refractivity contribution is 0.0336. The summed E-state index contributed by atoms with van der Waals surface area (Å²) in [7, 11) is 3.68. The second-order valence-electron chi connectivity index (χ2n) is 7.74. The first-order chi connectivity index (χ1) is 13.8. The highest BCUT2D eigenvalue weighted by atomic mass is 19.1. The number of hydrogen-bond donors (Lipinski definition) is 1. The Bertz CT molecular complexity index is 1200. The lowest BCUT2D eigenvalue weighted by Gasteiger charge is -2.34. The maximum atomic E-state index is 14.4. The van der Waals surface area contributed by atoms with Crippen molar-refractivity contribution in [1.82, 2.24) is 9.88 Å². The van der Waals surface area contributed by atoms with Gasteiger partial charge in [-0.05, 0) is 43.0 Å². The Morgan fingerprint density at radius 3 is 2.69 bits per heavy atom. The topological polar surface area (TPSA) is 62.4 Å². The lowest BCUT2D eigenvalue weighted by Crippen LogP contribution is -2.38. The smallest absolute Gasteiger partial charge is 0.256 e. The monoisotopic (exact) mass is 392 g/mol. The number of ether oxygens (including phenoxy) is 1. The van der Waals surface area contributed by atoms with Crippen LogP contribution in [0.25, 0.3) is 10.8 Å². The lowest BCUT2D eigenvalue weighted by atomic mass is 9.89. The molecule has 0 aliphatic carbocycles. The number of aromatic amines is 1. The molecule has 29 heavy (non-hydrogen) atoms. The third kappa shape index (κ3) is 3.25. The van der Waals surface area contributed by atoms with Crippen LogP contribution in [0.15, 0.2) is 35.1 Å². The Labute approximate surface area is 168 Å². The van der Waals surface area contributed by atoms with Crippen molar-refractivity contribution in [3.05, 3.63) is 74.5 Å². The molecule has 0 fully saturated rings. The summed E-state index contributed by atoms with van der Waals surface area (Å²) in [5.41, 5.74) is 4.19. The number of benzene rings is 2. The number of nitrogens with one attached hydrogen (secondary N) is 1. The summed E-state index contributed by atoms with van der Waals surface area (Å²) in [4.78, 5) is 30.1. The van der Waals surface area contributed by atoms with E-state index in [-0.39, 0.29) is 30.5 Å². The number of nitrogens with zero attached hydrogens (tertiary/aromatic N) is 1. The molecule has 1 N–H and O–H groups in total. The first kappa shape index (κ1) is 19.4. The molecule has 2 heterocycles. The zero-order valence-electron chi connectivity index (χ0n) is 16.9. The molecule has 4 rings (SSSR count). The fourth-order valence-corrected chi connectivity index (χ4v) is 3.90. The number of rotatable bonds is 2. The molecule has 0 saturated heterocycles. The molecule has 1 aliphatic heterocycles. The maximum absolute atomic E-state index is 14.4. The van der Waals surface area contributed by atoms with Crippen molar-refractivity contribution < 1.29 is 13.9 Å². The van der Waals surface area contributed by atoms with E-state index in [9.17, 15) is 14.0 Å². The van der Waals surface area contributed by atoms with Gasteiger partial charge in [-0.1, -0.05) is 23.2 Å². The molecule has 1 aromatic heterocycles. The van der Waals surface area contributed by atoms with Crippen molar-refractivity contribution in [2.45, 2.75) is 26.5 Å². The van der Waals surface area contributed by atoms with Crippen LogP contribution in [0.1, 0.15) is 38.8 Å². The van der Waals surface area contributed by atoms with E-state index in [0.717, 1.165) is 16.6 Å². The van der Waals surface area contributed by atoms with Crippen molar-refractivity contribution in [1.29, 1.82) is 0 Å². The van der Waals surface area contributed by atoms with Crippen LogP contribution in [0.5, 0.6) is 0 Å². The first-order valence-electron chi connectivity index (χ1n) is 9.55. The molecule has 1 aliphatic rings. The number of aromatic nitrogens is 1. The van der Waals surface area contributed by atoms with Gasteiger partial charge in [0.2, 0.25) is 0 Å². The average Bonchev–Trinajstić information content (AvgIpc) is 2.70. The molecular weight excluding hydrogens is 370 g/mol. The van der Waals surface area contributed by atoms with Gasteiger partial charge in [0.25, 0.3) is 11.5 Å². The molecule has 1 amide bonds. The minimum absolute atomic E-state index is 0.151. The predicted octanol–water partition coefficient (Wildman–Crippen LogP) is 1.89. The summed E-state index contributed by atoms with van der Waals surface area (Å²) >= 11 is 0. The molecule has 1 unspecified atom stereocenters. The van der Waals surface area contributed by atoms with E-state index in [1.165, 1.54) is 6.07 Å². The molecule has 0 saturated carbocycles. The summed E-state index contributed by atoms with van der Waals surface area (Å²) < 4.78 is 20.0. The maximum Gasteiger partial charge on any atom is 0.256 e. The van der Waals surface area contributed by atoms with Gasteiger partial charge in [0.15, 0.2) is 0 Å². The van der Waals surface area contributed by atoms with Crippen molar-refractivity contribution in [3.63, 3.8) is 0 Å². The number of pyridine rings is 1. The highest BCUT2D eigenvalue weighted by molar-refractivity contribution is 6.33. The third-order valence-corrected chi connectivity index (χ3v) is 5.82. The van der Waals surface area contributed by atoms with Crippen LogP contribution in [-0.2, 0) is 11.3 Å². The van der Waals surface area contributed by atoms with E-state index in [1.807, 2.05) is 26.9 Å². The van der Waals surface area contributed by atoms with Gasteiger partial charge in [-0.15, -0.1) is 0 Å². The molecule has 5 nitrogen and oxygen atoms in total. The fourth-order valence-electron chi connectivity index (χ4n) is 3.90. The summed E-state index contributed by atoms with van der Waals surface area (Å²) in [5, 5.41) is 0.946. The number of hydrogen-bond acceptors (Lipinski definition) is 3. The summed E-state index contributed by atoms with van der Waals surface area (Å²) in [6, 6.07) is 8.11. The van der Waals surface area contributed by atoms with Crippen LogP contribution in [-0.4, -0.2) is 37.3 Å².